The van der Waals surface area contributed by atoms with Gasteiger partial charge in [0.05, 0.1) is 11.9 Å². The van der Waals surface area contributed by atoms with Crippen molar-refractivity contribution in [3.8, 4) is 0 Å². The molecule has 0 aromatic carbocycles. The van der Waals surface area contributed by atoms with Crippen molar-refractivity contribution < 1.29 is 14.6 Å². The van der Waals surface area contributed by atoms with Gasteiger partial charge in [-0.15, -0.1) is 0 Å². The van der Waals surface area contributed by atoms with E-state index >= 15 is 0 Å². The van der Waals surface area contributed by atoms with E-state index in [9.17, 15) is 9.90 Å². The van der Waals surface area contributed by atoms with Crippen molar-refractivity contribution in [2.45, 2.75) is 45.1 Å². The fourth-order valence-corrected chi connectivity index (χ4v) is 2.20. The molecular weight excluding hydrogens is 258 g/mol. The van der Waals surface area contributed by atoms with Crippen LogP contribution in [0.4, 0.5) is 5.69 Å². The first-order valence-electron chi connectivity index (χ1n) is 6.87. The van der Waals surface area contributed by atoms with Crippen LogP contribution in [-0.4, -0.2) is 39.8 Å². The number of rotatable bonds is 4. The van der Waals surface area contributed by atoms with Crippen molar-refractivity contribution in [1.29, 1.82) is 0 Å². The van der Waals surface area contributed by atoms with E-state index in [1.54, 1.807) is 6.20 Å². The van der Waals surface area contributed by atoms with E-state index in [1.165, 1.54) is 0 Å². The fourth-order valence-electron chi connectivity index (χ4n) is 2.20. The normalized spacial score (nSPS) is 18.0. The third-order valence-corrected chi connectivity index (χ3v) is 3.56. The number of ether oxygens (including phenoxy) is 1. The third-order valence-electron chi connectivity index (χ3n) is 3.56. The van der Waals surface area contributed by atoms with Crippen molar-refractivity contribution in [2.75, 3.05) is 18.5 Å². The average Bonchev–Trinajstić information content (AvgIpc) is 2.39. The molecule has 2 N–H and O–H groups in total. The summed E-state index contributed by atoms with van der Waals surface area (Å²) in [4.78, 5) is 19.8. The van der Waals surface area contributed by atoms with Crippen LogP contribution in [0.15, 0.2) is 6.20 Å². The summed E-state index contributed by atoms with van der Waals surface area (Å²) < 4.78 is 5.34. The van der Waals surface area contributed by atoms with Gasteiger partial charge in [0.2, 0.25) is 0 Å². The number of aromatic nitrogens is 2. The first-order chi connectivity index (χ1) is 9.41. The van der Waals surface area contributed by atoms with Crippen LogP contribution < -0.4 is 5.32 Å². The smallest absolute Gasteiger partial charge is 0.356 e. The predicted molar refractivity (Wildman–Crippen MR) is 75.2 cm³/mol. The Morgan fingerprint density at radius 2 is 2.10 bits per heavy atom. The molecule has 1 aliphatic heterocycles. The highest BCUT2D eigenvalue weighted by molar-refractivity contribution is 5.91. The summed E-state index contributed by atoms with van der Waals surface area (Å²) in [6, 6.07) is 0. The quantitative estimate of drug-likeness (QED) is 0.879. The van der Waals surface area contributed by atoms with Crippen LogP contribution in [-0.2, 0) is 4.74 Å². The number of anilines is 1. The van der Waals surface area contributed by atoms with E-state index in [-0.39, 0.29) is 17.2 Å². The second-order valence-electron chi connectivity index (χ2n) is 5.75. The lowest BCUT2D eigenvalue weighted by atomic mass is 9.92. The molecule has 0 bridgehead atoms. The molecule has 0 atom stereocenters. The van der Waals surface area contributed by atoms with E-state index < -0.39 is 5.97 Å². The molecule has 1 aromatic heterocycles. The zero-order chi connectivity index (χ0) is 14.8. The zero-order valence-corrected chi connectivity index (χ0v) is 12.1. The van der Waals surface area contributed by atoms with Gasteiger partial charge in [0.15, 0.2) is 5.69 Å². The van der Waals surface area contributed by atoms with E-state index in [2.05, 4.69) is 22.2 Å². The summed E-state index contributed by atoms with van der Waals surface area (Å²) in [6.07, 6.45) is 3.24. The fraction of sp³-hybridized carbons (Fsp3) is 0.643. The maximum absolute atomic E-state index is 11.4. The van der Waals surface area contributed by atoms with Gasteiger partial charge in [0.25, 0.3) is 0 Å². The Kier molecular flexibility index (Phi) is 4.23. The summed E-state index contributed by atoms with van der Waals surface area (Å²) in [5.74, 6) is -0.390. The minimum absolute atomic E-state index is 0.0383. The molecule has 6 heteroatoms. The summed E-state index contributed by atoms with van der Waals surface area (Å²) in [7, 11) is 0. The van der Waals surface area contributed by atoms with Crippen LogP contribution >= 0.6 is 0 Å². The van der Waals surface area contributed by atoms with Crippen LogP contribution in [0.2, 0.25) is 0 Å². The van der Waals surface area contributed by atoms with Crippen molar-refractivity contribution in [1.82, 2.24) is 9.97 Å². The van der Waals surface area contributed by atoms with Gasteiger partial charge < -0.3 is 15.2 Å². The Labute approximate surface area is 118 Å². The highest BCUT2D eigenvalue weighted by atomic mass is 16.5. The predicted octanol–water partition coefficient (Wildman–Crippen LogP) is 2.28. The molecule has 0 unspecified atom stereocenters. The zero-order valence-electron chi connectivity index (χ0n) is 12.1. The first-order valence-corrected chi connectivity index (χ1v) is 6.87. The van der Waals surface area contributed by atoms with Crippen molar-refractivity contribution >= 4 is 11.7 Å². The molecule has 2 rings (SSSR count). The Hall–Kier alpha value is -1.69. The molecule has 1 aromatic rings. The molecule has 6 nitrogen and oxygen atoms in total. The second kappa shape index (κ2) is 5.75. The monoisotopic (exact) mass is 279 g/mol. The lowest BCUT2D eigenvalue weighted by Crippen LogP contribution is -2.41. The van der Waals surface area contributed by atoms with Gasteiger partial charge in [-0.05, 0) is 19.8 Å². The summed E-state index contributed by atoms with van der Waals surface area (Å²) in [5.41, 5.74) is 0.341. The van der Waals surface area contributed by atoms with Crippen molar-refractivity contribution in [2.24, 2.45) is 0 Å². The lowest BCUT2D eigenvalue weighted by molar-refractivity contribution is 0.0654. The largest absolute Gasteiger partial charge is 0.476 e. The Balaban J connectivity index is 2.28. The SMILES string of the molecule is CC(C)c1ncc(NC2(C)CCOCC2)c(C(=O)O)n1. The third kappa shape index (κ3) is 3.25. The minimum Gasteiger partial charge on any atom is -0.476 e. The minimum atomic E-state index is -1.03. The number of nitrogens with zero attached hydrogens (tertiary/aromatic N) is 2. The van der Waals surface area contributed by atoms with Crippen LogP contribution in [0.25, 0.3) is 0 Å². The van der Waals surface area contributed by atoms with Gasteiger partial charge in [-0.1, -0.05) is 13.8 Å². The number of carbonyl (C=O) groups is 1. The molecule has 20 heavy (non-hydrogen) atoms. The van der Waals surface area contributed by atoms with Gasteiger partial charge in [-0.25, -0.2) is 14.8 Å². The van der Waals surface area contributed by atoms with Gasteiger partial charge >= 0.3 is 5.97 Å². The maximum Gasteiger partial charge on any atom is 0.356 e. The number of hydrogen-bond acceptors (Lipinski definition) is 5. The molecule has 0 saturated carbocycles. The average molecular weight is 279 g/mol. The van der Waals surface area contributed by atoms with E-state index in [1.807, 2.05) is 13.8 Å². The van der Waals surface area contributed by atoms with Crippen LogP contribution in [0.5, 0.6) is 0 Å². The van der Waals surface area contributed by atoms with Crippen molar-refractivity contribution in [3.05, 3.63) is 17.7 Å². The molecule has 0 amide bonds. The molecule has 0 radical (unpaired) electrons. The molecule has 1 aliphatic rings. The van der Waals surface area contributed by atoms with Gasteiger partial charge in [0.1, 0.15) is 5.82 Å². The van der Waals surface area contributed by atoms with Crippen LogP contribution in [0.3, 0.4) is 0 Å². The van der Waals surface area contributed by atoms with Crippen molar-refractivity contribution in [3.63, 3.8) is 0 Å². The topological polar surface area (TPSA) is 84.3 Å². The van der Waals surface area contributed by atoms with Gasteiger partial charge in [-0.3, -0.25) is 0 Å². The Morgan fingerprint density at radius 3 is 2.65 bits per heavy atom. The number of carboxylic acids is 1. The maximum atomic E-state index is 11.4. The summed E-state index contributed by atoms with van der Waals surface area (Å²) >= 11 is 0. The molecule has 1 saturated heterocycles. The van der Waals surface area contributed by atoms with E-state index in [4.69, 9.17) is 4.74 Å². The number of nitrogens with one attached hydrogen (secondary N) is 1. The summed E-state index contributed by atoms with van der Waals surface area (Å²) in [5, 5.41) is 12.6. The second-order valence-corrected chi connectivity index (χ2v) is 5.75. The Morgan fingerprint density at radius 1 is 1.45 bits per heavy atom. The molecule has 2 heterocycles. The summed E-state index contributed by atoms with van der Waals surface area (Å²) in [6.45, 7) is 7.30. The van der Waals surface area contributed by atoms with Crippen LogP contribution in [0.1, 0.15) is 55.8 Å². The molecule has 1 fully saturated rings. The van der Waals surface area contributed by atoms with Gasteiger partial charge in [0, 0.05) is 24.7 Å². The lowest BCUT2D eigenvalue weighted by Gasteiger charge is -2.35. The molecular formula is C14H21N3O3. The van der Waals surface area contributed by atoms with E-state index in [0.29, 0.717) is 24.7 Å². The molecule has 0 spiro atoms. The highest BCUT2D eigenvalue weighted by Gasteiger charge is 2.29. The molecule has 110 valence electrons. The number of carboxylic acid groups (broad SMARTS) is 1. The standard InChI is InChI=1S/C14H21N3O3/c1-9(2)12-15-8-10(11(16-12)13(18)19)17-14(3)4-6-20-7-5-14/h8-9,17H,4-7H2,1-3H3,(H,18,19). The highest BCUT2D eigenvalue weighted by Crippen LogP contribution is 2.27. The van der Waals surface area contributed by atoms with E-state index in [0.717, 1.165) is 12.8 Å². The first kappa shape index (κ1) is 14.7. The van der Waals surface area contributed by atoms with Crippen LogP contribution in [0, 0.1) is 0 Å². The molecule has 0 aliphatic carbocycles. The van der Waals surface area contributed by atoms with Gasteiger partial charge in [-0.2, -0.15) is 0 Å². The Bertz CT molecular complexity index is 496. The number of aromatic carboxylic acids is 1. The number of hydrogen-bond donors (Lipinski definition) is 2.